The Bertz CT molecular complexity index is 1690. The van der Waals surface area contributed by atoms with Gasteiger partial charge in [-0.1, -0.05) is 29.3 Å². The maximum Gasteiger partial charge on any atom is 0.463 e. The van der Waals surface area contributed by atoms with Crippen molar-refractivity contribution in [2.45, 2.75) is 22.4 Å². The van der Waals surface area contributed by atoms with Crippen molar-refractivity contribution in [3.63, 3.8) is 0 Å². The lowest BCUT2D eigenvalue weighted by molar-refractivity contribution is -0.267. The minimum Gasteiger partial charge on any atom is -0.326 e. The van der Waals surface area contributed by atoms with Gasteiger partial charge in [-0.2, -0.15) is 22.0 Å². The molecule has 3 amide bonds. The maximum atomic E-state index is 14.9. The molecular formula is C26H13Cl4F8N3O3. The fourth-order valence-electron chi connectivity index (χ4n) is 4.04. The second kappa shape index (κ2) is 11.9. The lowest BCUT2D eigenvalue weighted by Crippen LogP contribution is -2.47. The summed E-state index contributed by atoms with van der Waals surface area (Å²) in [6.45, 7) is 0. The lowest BCUT2D eigenvalue weighted by atomic mass is 10.1. The van der Waals surface area contributed by atoms with Gasteiger partial charge < -0.3 is 16.0 Å². The zero-order valence-corrected chi connectivity index (χ0v) is 24.1. The lowest BCUT2D eigenvalue weighted by Gasteiger charge is -2.19. The van der Waals surface area contributed by atoms with E-state index in [0.717, 1.165) is 23.5 Å². The van der Waals surface area contributed by atoms with Crippen LogP contribution in [0.4, 0.5) is 52.2 Å². The zero-order chi connectivity index (χ0) is 32.9. The molecule has 44 heavy (non-hydrogen) atoms. The molecule has 1 saturated carbocycles. The molecule has 0 aliphatic heterocycles. The number of anilines is 3. The van der Waals surface area contributed by atoms with E-state index in [4.69, 9.17) is 46.4 Å². The van der Waals surface area contributed by atoms with E-state index in [-0.39, 0.29) is 15.7 Å². The van der Waals surface area contributed by atoms with Gasteiger partial charge in [0, 0.05) is 11.6 Å². The van der Waals surface area contributed by atoms with E-state index in [9.17, 15) is 49.5 Å². The van der Waals surface area contributed by atoms with Crippen LogP contribution in [0.3, 0.4) is 0 Å². The van der Waals surface area contributed by atoms with Gasteiger partial charge in [0.25, 0.3) is 5.91 Å². The van der Waals surface area contributed by atoms with E-state index >= 15 is 0 Å². The molecule has 234 valence electrons. The summed E-state index contributed by atoms with van der Waals surface area (Å²) in [5, 5.41) is 4.74. The van der Waals surface area contributed by atoms with Gasteiger partial charge in [-0.3, -0.25) is 14.4 Å². The monoisotopic (exact) mass is 707 g/mol. The largest absolute Gasteiger partial charge is 0.463 e. The zero-order valence-electron chi connectivity index (χ0n) is 21.0. The average Bonchev–Trinajstić information content (AvgIpc) is 3.51. The summed E-state index contributed by atoms with van der Waals surface area (Å²) in [6.07, 6.45) is -6.36. The van der Waals surface area contributed by atoms with Crippen molar-refractivity contribution in [2.75, 3.05) is 16.0 Å². The van der Waals surface area contributed by atoms with Crippen LogP contribution < -0.4 is 16.0 Å². The Morgan fingerprint density at radius 3 is 2.02 bits per heavy atom. The summed E-state index contributed by atoms with van der Waals surface area (Å²) in [6, 6.07) is 8.08. The Labute approximate surface area is 261 Å². The van der Waals surface area contributed by atoms with E-state index in [2.05, 4.69) is 5.32 Å². The third kappa shape index (κ3) is 6.39. The number of rotatable bonds is 7. The van der Waals surface area contributed by atoms with Crippen LogP contribution in [0.15, 0.2) is 48.5 Å². The highest BCUT2D eigenvalue weighted by Crippen LogP contribution is 2.65. The molecule has 1 aliphatic rings. The van der Waals surface area contributed by atoms with Crippen molar-refractivity contribution in [2.24, 2.45) is 5.92 Å². The van der Waals surface area contributed by atoms with Gasteiger partial charge in [0.1, 0.15) is 21.7 Å². The number of benzene rings is 3. The van der Waals surface area contributed by atoms with Gasteiger partial charge in [0.05, 0.1) is 27.2 Å². The second-order valence-corrected chi connectivity index (χ2v) is 11.5. The third-order valence-corrected chi connectivity index (χ3v) is 7.90. The van der Waals surface area contributed by atoms with Crippen molar-refractivity contribution < 1.29 is 49.5 Å². The molecule has 18 heteroatoms. The molecule has 0 spiro atoms. The van der Waals surface area contributed by atoms with Crippen molar-refractivity contribution >= 4 is 81.2 Å². The fraction of sp³-hybridized carbons (Fsp3) is 0.192. The van der Waals surface area contributed by atoms with Crippen LogP contribution in [0.1, 0.15) is 21.8 Å². The summed E-state index contributed by atoms with van der Waals surface area (Å²) >= 11 is 24.4. The number of carbonyl (C=O) groups is 3. The number of amides is 3. The minimum absolute atomic E-state index is 0.0432. The van der Waals surface area contributed by atoms with Crippen LogP contribution in [-0.2, 0) is 9.59 Å². The van der Waals surface area contributed by atoms with Crippen LogP contribution in [-0.4, -0.2) is 34.2 Å². The number of alkyl halides is 7. The van der Waals surface area contributed by atoms with Crippen LogP contribution in [0.2, 0.25) is 10.0 Å². The maximum absolute atomic E-state index is 14.9. The third-order valence-electron chi connectivity index (χ3n) is 6.34. The van der Waals surface area contributed by atoms with E-state index < -0.39 is 80.4 Å². The van der Waals surface area contributed by atoms with E-state index in [1.807, 2.05) is 5.32 Å². The standard InChI is InChI=1S/C26H13Cl4F8N3O3/c27-12-3-2-10(39-22(43)18-17(24(18,29)30)9-1-4-14(31)13(28)7-9)8-11(12)21(42)40-16-6-5-15(32)20(19(16)33)41-23(44)25(34,35)26(36,37)38/h1-8,17-18H,(H,39,43)(H,40,42)(H,41,44)/t17-,18?/m0/s1. The molecule has 0 heterocycles. The van der Waals surface area contributed by atoms with Crippen LogP contribution in [0.25, 0.3) is 0 Å². The molecule has 6 nitrogen and oxygen atoms in total. The highest BCUT2D eigenvalue weighted by atomic mass is 35.5. The smallest absolute Gasteiger partial charge is 0.326 e. The average molecular weight is 709 g/mol. The van der Waals surface area contributed by atoms with Gasteiger partial charge in [-0.15, -0.1) is 23.2 Å². The molecule has 0 saturated heterocycles. The van der Waals surface area contributed by atoms with E-state index in [1.165, 1.54) is 18.2 Å². The number of nitrogens with one attached hydrogen (secondary N) is 3. The predicted octanol–water partition coefficient (Wildman–Crippen LogP) is 8.33. The minimum atomic E-state index is -6.36. The highest BCUT2D eigenvalue weighted by Gasteiger charge is 2.67. The van der Waals surface area contributed by atoms with Crippen molar-refractivity contribution in [3.05, 3.63) is 87.2 Å². The van der Waals surface area contributed by atoms with E-state index in [1.54, 1.807) is 0 Å². The summed E-state index contributed by atoms with van der Waals surface area (Å²) in [4.78, 5) is 37.3. The van der Waals surface area contributed by atoms with Crippen LogP contribution >= 0.6 is 46.4 Å². The highest BCUT2D eigenvalue weighted by molar-refractivity contribution is 6.53. The molecule has 1 fully saturated rings. The molecular weight excluding hydrogens is 696 g/mol. The Kier molecular flexibility index (Phi) is 9.06. The summed E-state index contributed by atoms with van der Waals surface area (Å²) < 4.78 is 105. The molecule has 0 aromatic heterocycles. The molecule has 3 N–H and O–H groups in total. The normalized spacial score (nSPS) is 17.5. The van der Waals surface area contributed by atoms with Crippen LogP contribution in [0.5, 0.6) is 0 Å². The molecule has 4 rings (SSSR count). The van der Waals surface area contributed by atoms with Crippen molar-refractivity contribution in [3.8, 4) is 0 Å². The Balaban J connectivity index is 1.52. The Hall–Kier alpha value is -3.33. The first-order valence-corrected chi connectivity index (χ1v) is 13.3. The predicted molar refractivity (Wildman–Crippen MR) is 146 cm³/mol. The SMILES string of the molecule is O=C(Nc1ccc(F)c(NC(=O)C(F)(F)C(F)(F)F)c1F)c1cc(NC(=O)C2[C@H](c3ccc(F)c(Cl)c3)C2(Cl)Cl)ccc1Cl. The topological polar surface area (TPSA) is 87.3 Å². The Morgan fingerprint density at radius 2 is 1.41 bits per heavy atom. The Morgan fingerprint density at radius 1 is 0.773 bits per heavy atom. The molecule has 0 radical (unpaired) electrons. The molecule has 0 bridgehead atoms. The van der Waals surface area contributed by atoms with Crippen molar-refractivity contribution in [1.82, 2.24) is 0 Å². The summed E-state index contributed by atoms with van der Waals surface area (Å²) in [5.74, 6) is -17.2. The fourth-order valence-corrected chi connectivity index (χ4v) is 5.27. The summed E-state index contributed by atoms with van der Waals surface area (Å²) in [5.41, 5.74) is -2.73. The second-order valence-electron chi connectivity index (χ2n) is 9.25. The molecule has 2 atom stereocenters. The molecule has 3 aromatic carbocycles. The number of halogens is 12. The molecule has 3 aromatic rings. The van der Waals surface area contributed by atoms with E-state index in [0.29, 0.717) is 17.7 Å². The number of hydrogen-bond acceptors (Lipinski definition) is 3. The van der Waals surface area contributed by atoms with Gasteiger partial charge in [-0.25, -0.2) is 13.2 Å². The number of carbonyl (C=O) groups excluding carboxylic acids is 3. The van der Waals surface area contributed by atoms with Gasteiger partial charge in [0.15, 0.2) is 5.82 Å². The number of hydrogen-bond donors (Lipinski definition) is 3. The van der Waals surface area contributed by atoms with Crippen molar-refractivity contribution in [1.29, 1.82) is 0 Å². The first-order chi connectivity index (χ1) is 20.3. The van der Waals surface area contributed by atoms with Crippen LogP contribution in [0, 0.1) is 23.4 Å². The molecule has 1 aliphatic carbocycles. The summed E-state index contributed by atoms with van der Waals surface area (Å²) in [7, 11) is 0. The van der Waals surface area contributed by atoms with Gasteiger partial charge >= 0.3 is 18.0 Å². The van der Waals surface area contributed by atoms with Gasteiger partial charge in [-0.05, 0) is 48.0 Å². The molecule has 1 unspecified atom stereocenters. The quantitative estimate of drug-likeness (QED) is 0.170. The van der Waals surface area contributed by atoms with Gasteiger partial charge in [0.2, 0.25) is 5.91 Å². The first-order valence-electron chi connectivity index (χ1n) is 11.8. The first kappa shape index (κ1) is 33.6.